The van der Waals surface area contributed by atoms with Crippen LogP contribution in [0.2, 0.25) is 0 Å². The van der Waals surface area contributed by atoms with Crippen LogP contribution in [0.25, 0.3) is 0 Å². The zero-order valence-corrected chi connectivity index (χ0v) is 10.6. The molecule has 2 N–H and O–H groups in total. The highest BCUT2D eigenvalue weighted by Gasteiger charge is 2.18. The second-order valence-corrected chi connectivity index (χ2v) is 5.39. The molecule has 0 aliphatic heterocycles. The van der Waals surface area contributed by atoms with E-state index in [1.807, 2.05) is 0 Å². The van der Waals surface area contributed by atoms with Crippen LogP contribution in [0.15, 0.2) is 42.5 Å². The Kier molecular flexibility index (Phi) is 4.38. The Bertz CT molecular complexity index is 355. The van der Waals surface area contributed by atoms with Gasteiger partial charge in [-0.2, -0.15) is 0 Å². The minimum atomic E-state index is 0.351. The van der Waals surface area contributed by atoms with Gasteiger partial charge >= 0.3 is 0 Å². The highest BCUT2D eigenvalue weighted by Crippen LogP contribution is 2.28. The summed E-state index contributed by atoms with van der Waals surface area (Å²) in [5.41, 5.74) is 8.84. The minimum Gasteiger partial charge on any atom is -0.327 e. The second kappa shape index (κ2) is 6.02. The Morgan fingerprint density at radius 3 is 2.65 bits per heavy atom. The molecule has 1 aromatic carbocycles. The van der Waals surface area contributed by atoms with Crippen LogP contribution in [0, 0.1) is 5.92 Å². The molecule has 1 aromatic rings. The fourth-order valence-corrected chi connectivity index (χ4v) is 2.78. The topological polar surface area (TPSA) is 26.0 Å². The summed E-state index contributed by atoms with van der Waals surface area (Å²) in [6, 6.07) is 11.1. The first-order chi connectivity index (χ1) is 8.24. The molecule has 1 aliphatic carbocycles. The van der Waals surface area contributed by atoms with Crippen molar-refractivity contribution in [1.82, 2.24) is 0 Å². The summed E-state index contributed by atoms with van der Waals surface area (Å²) in [6.07, 6.45) is 7.11. The Morgan fingerprint density at radius 2 is 1.88 bits per heavy atom. The predicted octanol–water partition coefficient (Wildman–Crippen LogP) is 3.69. The molecule has 0 amide bonds. The highest BCUT2D eigenvalue weighted by molar-refractivity contribution is 5.15. The van der Waals surface area contributed by atoms with Gasteiger partial charge in [-0.3, -0.25) is 0 Å². The van der Waals surface area contributed by atoms with Crippen molar-refractivity contribution in [2.45, 2.75) is 44.6 Å². The van der Waals surface area contributed by atoms with E-state index in [2.05, 4.69) is 36.9 Å². The normalized spacial score (nSPS) is 25.6. The van der Waals surface area contributed by atoms with Crippen LogP contribution in [0.4, 0.5) is 0 Å². The molecule has 2 rings (SSSR count). The van der Waals surface area contributed by atoms with Crippen LogP contribution >= 0.6 is 0 Å². The largest absolute Gasteiger partial charge is 0.327 e. The third kappa shape index (κ3) is 4.01. The maximum atomic E-state index is 6.03. The third-order valence-corrected chi connectivity index (χ3v) is 3.76. The lowest BCUT2D eigenvalue weighted by Gasteiger charge is -2.14. The van der Waals surface area contributed by atoms with Gasteiger partial charge in [-0.05, 0) is 50.0 Å². The molecule has 0 heterocycles. The average molecular weight is 229 g/mol. The van der Waals surface area contributed by atoms with E-state index in [0.29, 0.717) is 6.04 Å². The summed E-state index contributed by atoms with van der Waals surface area (Å²) in [7, 11) is 0. The van der Waals surface area contributed by atoms with Crippen molar-refractivity contribution in [1.29, 1.82) is 0 Å². The van der Waals surface area contributed by atoms with Gasteiger partial charge in [0.15, 0.2) is 0 Å². The predicted molar refractivity (Wildman–Crippen MR) is 73.8 cm³/mol. The standard InChI is InChI=1S/C16H23N/c1-13-11-15(9-10-16(17)12-13)8-7-14-5-3-2-4-6-14/h2-6,15-16H,1,7-12,17H2/t15-,16+/m0/s1. The summed E-state index contributed by atoms with van der Waals surface area (Å²) in [4.78, 5) is 0. The molecule has 0 unspecified atom stereocenters. The molecule has 92 valence electrons. The molecule has 0 aromatic heterocycles. The monoisotopic (exact) mass is 229 g/mol. The van der Waals surface area contributed by atoms with E-state index in [4.69, 9.17) is 5.73 Å². The minimum absolute atomic E-state index is 0.351. The molecular weight excluding hydrogens is 206 g/mol. The number of rotatable bonds is 3. The molecular formula is C16H23N. The Labute approximate surface area is 105 Å². The van der Waals surface area contributed by atoms with Crippen LogP contribution < -0.4 is 5.73 Å². The molecule has 0 saturated heterocycles. The van der Waals surface area contributed by atoms with E-state index in [0.717, 1.165) is 12.3 Å². The van der Waals surface area contributed by atoms with Crippen LogP contribution in [-0.2, 0) is 6.42 Å². The first-order valence-corrected chi connectivity index (χ1v) is 6.70. The van der Waals surface area contributed by atoms with Crippen molar-refractivity contribution in [2.75, 3.05) is 0 Å². The van der Waals surface area contributed by atoms with Gasteiger partial charge in [0.05, 0.1) is 0 Å². The maximum absolute atomic E-state index is 6.03. The molecule has 17 heavy (non-hydrogen) atoms. The smallest absolute Gasteiger partial charge is 0.00760 e. The summed E-state index contributed by atoms with van der Waals surface area (Å²) in [6.45, 7) is 4.15. The molecule has 0 spiro atoms. The van der Waals surface area contributed by atoms with Gasteiger partial charge < -0.3 is 5.73 Å². The summed E-state index contributed by atoms with van der Waals surface area (Å²) < 4.78 is 0. The Balaban J connectivity index is 1.84. The van der Waals surface area contributed by atoms with Crippen LogP contribution in [-0.4, -0.2) is 6.04 Å². The molecule has 1 nitrogen and oxygen atoms in total. The molecule has 0 radical (unpaired) electrons. The zero-order chi connectivity index (χ0) is 12.1. The lowest BCUT2D eigenvalue weighted by molar-refractivity contribution is 0.441. The highest BCUT2D eigenvalue weighted by atomic mass is 14.6. The van der Waals surface area contributed by atoms with Gasteiger partial charge in [-0.15, -0.1) is 0 Å². The third-order valence-electron chi connectivity index (χ3n) is 3.76. The first-order valence-electron chi connectivity index (χ1n) is 6.70. The van der Waals surface area contributed by atoms with Crippen molar-refractivity contribution < 1.29 is 0 Å². The second-order valence-electron chi connectivity index (χ2n) is 5.39. The number of aryl methyl sites for hydroxylation is 1. The van der Waals surface area contributed by atoms with E-state index in [1.165, 1.54) is 43.2 Å². The lowest BCUT2D eigenvalue weighted by Crippen LogP contribution is -2.18. The zero-order valence-electron chi connectivity index (χ0n) is 10.6. The molecule has 0 bridgehead atoms. The van der Waals surface area contributed by atoms with E-state index in [1.54, 1.807) is 0 Å². The lowest BCUT2D eigenvalue weighted by atomic mass is 9.92. The van der Waals surface area contributed by atoms with E-state index < -0.39 is 0 Å². The van der Waals surface area contributed by atoms with Crippen LogP contribution in [0.3, 0.4) is 0 Å². The van der Waals surface area contributed by atoms with Gasteiger partial charge in [0.25, 0.3) is 0 Å². The Morgan fingerprint density at radius 1 is 1.12 bits per heavy atom. The number of hydrogen-bond donors (Lipinski definition) is 1. The van der Waals surface area contributed by atoms with E-state index in [-0.39, 0.29) is 0 Å². The SMILES string of the molecule is C=C1C[C@H](N)CC[C@H](CCc2ccccc2)C1. The quantitative estimate of drug-likeness (QED) is 0.621. The number of hydrogen-bond acceptors (Lipinski definition) is 1. The molecule has 1 fully saturated rings. The molecule has 1 heteroatoms. The van der Waals surface area contributed by atoms with Crippen LogP contribution in [0.5, 0.6) is 0 Å². The van der Waals surface area contributed by atoms with E-state index in [9.17, 15) is 0 Å². The number of nitrogens with two attached hydrogens (primary N) is 1. The van der Waals surface area contributed by atoms with E-state index >= 15 is 0 Å². The van der Waals surface area contributed by atoms with Crippen molar-refractivity contribution in [3.63, 3.8) is 0 Å². The summed E-state index contributed by atoms with van der Waals surface area (Å²) in [5.74, 6) is 0.788. The van der Waals surface area contributed by atoms with Gasteiger partial charge in [0.1, 0.15) is 0 Å². The van der Waals surface area contributed by atoms with Crippen molar-refractivity contribution in [3.05, 3.63) is 48.0 Å². The molecule has 2 atom stereocenters. The summed E-state index contributed by atoms with van der Waals surface area (Å²) in [5, 5.41) is 0. The van der Waals surface area contributed by atoms with Gasteiger partial charge in [0.2, 0.25) is 0 Å². The first kappa shape index (κ1) is 12.4. The Hall–Kier alpha value is -1.08. The fraction of sp³-hybridized carbons (Fsp3) is 0.500. The van der Waals surface area contributed by atoms with Gasteiger partial charge in [-0.1, -0.05) is 42.5 Å². The van der Waals surface area contributed by atoms with Gasteiger partial charge in [-0.25, -0.2) is 0 Å². The maximum Gasteiger partial charge on any atom is 0.00760 e. The van der Waals surface area contributed by atoms with Crippen LogP contribution in [0.1, 0.15) is 37.7 Å². The molecule has 1 saturated carbocycles. The molecule has 1 aliphatic rings. The number of benzene rings is 1. The average Bonchev–Trinajstić information content (AvgIpc) is 2.49. The van der Waals surface area contributed by atoms with Crippen molar-refractivity contribution >= 4 is 0 Å². The van der Waals surface area contributed by atoms with Gasteiger partial charge in [0, 0.05) is 6.04 Å². The van der Waals surface area contributed by atoms with Crippen molar-refractivity contribution in [2.24, 2.45) is 11.7 Å². The fourth-order valence-electron chi connectivity index (χ4n) is 2.78. The summed E-state index contributed by atoms with van der Waals surface area (Å²) >= 11 is 0. The van der Waals surface area contributed by atoms with Crippen molar-refractivity contribution in [3.8, 4) is 0 Å².